The van der Waals surface area contributed by atoms with E-state index in [-0.39, 0.29) is 12.2 Å². The molecule has 5 nitrogen and oxygen atoms in total. The summed E-state index contributed by atoms with van der Waals surface area (Å²) in [5.41, 5.74) is -0.136. The third-order valence-corrected chi connectivity index (χ3v) is 3.04. The summed E-state index contributed by atoms with van der Waals surface area (Å²) >= 11 is 1.95. The first kappa shape index (κ1) is 12.4. The van der Waals surface area contributed by atoms with Gasteiger partial charge in [0.25, 0.3) is 5.56 Å². The summed E-state index contributed by atoms with van der Waals surface area (Å²) in [6, 6.07) is 0. The van der Waals surface area contributed by atoms with E-state index in [1.807, 2.05) is 29.5 Å². The fraction of sp³-hybridized carbons (Fsp3) is 0.556. The molecule has 1 aromatic rings. The Balaban J connectivity index is 2.58. The van der Waals surface area contributed by atoms with Crippen LogP contribution in [-0.2, 0) is 0 Å². The van der Waals surface area contributed by atoms with Crippen molar-refractivity contribution in [3.63, 3.8) is 0 Å². The zero-order chi connectivity index (χ0) is 11.3. The summed E-state index contributed by atoms with van der Waals surface area (Å²) in [5, 5.41) is 11.8. The molecule has 15 heavy (non-hydrogen) atoms. The second-order valence-corrected chi connectivity index (χ2v) is 4.47. The van der Waals surface area contributed by atoms with Crippen molar-refractivity contribution in [2.75, 3.05) is 18.5 Å². The van der Waals surface area contributed by atoms with Gasteiger partial charge in [-0.05, 0) is 34.9 Å². The zero-order valence-corrected chi connectivity index (χ0v) is 10.6. The van der Waals surface area contributed by atoms with Crippen LogP contribution < -0.4 is 10.9 Å². The van der Waals surface area contributed by atoms with Crippen molar-refractivity contribution < 1.29 is 5.11 Å². The van der Waals surface area contributed by atoms with E-state index < -0.39 is 0 Å². The second kappa shape index (κ2) is 6.06. The quantitative estimate of drug-likeness (QED) is 0.701. The van der Waals surface area contributed by atoms with Crippen molar-refractivity contribution in [2.45, 2.75) is 13.3 Å². The van der Waals surface area contributed by atoms with Crippen molar-refractivity contribution in [1.82, 2.24) is 9.97 Å². The maximum Gasteiger partial charge on any atom is 0.266 e. The maximum atomic E-state index is 11.2. The number of rotatable bonds is 5. The summed E-state index contributed by atoms with van der Waals surface area (Å²) < 4.78 is 0.561. The SMILES string of the molecule is CC(CCO)CNc1nc[nH]c(=O)c1I. The van der Waals surface area contributed by atoms with Crippen LogP contribution in [0.15, 0.2) is 11.1 Å². The van der Waals surface area contributed by atoms with Crippen molar-refractivity contribution in [1.29, 1.82) is 0 Å². The van der Waals surface area contributed by atoms with Gasteiger partial charge in [-0.15, -0.1) is 0 Å². The second-order valence-electron chi connectivity index (χ2n) is 3.39. The Bertz CT molecular complexity index is 367. The van der Waals surface area contributed by atoms with Crippen LogP contribution in [-0.4, -0.2) is 28.2 Å². The van der Waals surface area contributed by atoms with Gasteiger partial charge in [-0.3, -0.25) is 4.79 Å². The molecule has 84 valence electrons. The molecule has 0 fully saturated rings. The number of aromatic amines is 1. The van der Waals surface area contributed by atoms with Crippen LogP contribution >= 0.6 is 22.6 Å². The third-order valence-electron chi connectivity index (χ3n) is 2.04. The normalized spacial score (nSPS) is 12.5. The smallest absolute Gasteiger partial charge is 0.266 e. The molecule has 0 amide bonds. The number of H-pyrrole nitrogens is 1. The van der Waals surface area contributed by atoms with Gasteiger partial charge < -0.3 is 15.4 Å². The monoisotopic (exact) mass is 323 g/mol. The number of nitrogens with one attached hydrogen (secondary N) is 2. The average molecular weight is 323 g/mol. The topological polar surface area (TPSA) is 78.0 Å². The lowest BCUT2D eigenvalue weighted by atomic mass is 10.1. The van der Waals surface area contributed by atoms with Gasteiger partial charge >= 0.3 is 0 Å². The van der Waals surface area contributed by atoms with Gasteiger partial charge in [0.1, 0.15) is 9.39 Å². The Morgan fingerprint density at radius 2 is 2.47 bits per heavy atom. The van der Waals surface area contributed by atoms with Crippen LogP contribution in [0.4, 0.5) is 5.82 Å². The Morgan fingerprint density at radius 1 is 1.73 bits per heavy atom. The van der Waals surface area contributed by atoms with Gasteiger partial charge in [-0.25, -0.2) is 4.98 Å². The largest absolute Gasteiger partial charge is 0.396 e. The highest BCUT2D eigenvalue weighted by molar-refractivity contribution is 14.1. The van der Waals surface area contributed by atoms with Crippen LogP contribution in [0.5, 0.6) is 0 Å². The minimum absolute atomic E-state index is 0.136. The molecule has 0 aliphatic rings. The first-order valence-electron chi connectivity index (χ1n) is 4.73. The van der Waals surface area contributed by atoms with Crippen LogP contribution in [0.2, 0.25) is 0 Å². The van der Waals surface area contributed by atoms with Gasteiger partial charge in [0.2, 0.25) is 0 Å². The standard InChI is InChI=1S/C9H14IN3O2/c1-6(2-3-14)4-11-8-7(10)9(15)13-5-12-8/h5-6,14H,2-4H2,1H3,(H2,11,12,13,15). The van der Waals surface area contributed by atoms with Crippen molar-refractivity contribution in [2.24, 2.45) is 5.92 Å². The lowest BCUT2D eigenvalue weighted by Crippen LogP contribution is -2.18. The molecule has 0 aromatic carbocycles. The number of halogens is 1. The van der Waals surface area contributed by atoms with Crippen LogP contribution in [0, 0.1) is 9.49 Å². The molecule has 1 rings (SSSR count). The van der Waals surface area contributed by atoms with Gasteiger partial charge in [0.05, 0.1) is 6.33 Å². The molecule has 0 aliphatic heterocycles. The lowest BCUT2D eigenvalue weighted by Gasteiger charge is -2.11. The molecule has 1 atom stereocenters. The predicted octanol–water partition coefficient (Wildman–Crippen LogP) is 0.805. The fourth-order valence-corrected chi connectivity index (χ4v) is 1.59. The summed E-state index contributed by atoms with van der Waals surface area (Å²) in [5.74, 6) is 0.955. The van der Waals surface area contributed by atoms with E-state index in [4.69, 9.17) is 5.11 Å². The molecule has 1 unspecified atom stereocenters. The highest BCUT2D eigenvalue weighted by atomic mass is 127. The van der Waals surface area contributed by atoms with E-state index in [0.29, 0.717) is 21.9 Å². The van der Waals surface area contributed by atoms with E-state index in [9.17, 15) is 4.79 Å². The molecule has 3 N–H and O–H groups in total. The van der Waals surface area contributed by atoms with E-state index in [0.717, 1.165) is 6.42 Å². The first-order valence-corrected chi connectivity index (χ1v) is 5.81. The van der Waals surface area contributed by atoms with Crippen molar-refractivity contribution >= 4 is 28.4 Å². The number of aliphatic hydroxyl groups is 1. The van der Waals surface area contributed by atoms with Crippen LogP contribution in [0.1, 0.15) is 13.3 Å². The summed E-state index contributed by atoms with van der Waals surface area (Å²) in [6.45, 7) is 2.92. The number of aromatic nitrogens is 2. The molecular weight excluding hydrogens is 309 g/mol. The molecule has 1 heterocycles. The molecule has 1 aromatic heterocycles. The number of aliphatic hydroxyl groups excluding tert-OH is 1. The average Bonchev–Trinajstić information content (AvgIpc) is 2.21. The molecule has 0 aliphatic carbocycles. The number of nitrogens with zero attached hydrogens (tertiary/aromatic N) is 1. The predicted molar refractivity (Wildman–Crippen MR) is 66.9 cm³/mol. The number of hydrogen-bond donors (Lipinski definition) is 3. The Hall–Kier alpha value is -0.630. The minimum Gasteiger partial charge on any atom is -0.396 e. The molecular formula is C9H14IN3O2. The van der Waals surface area contributed by atoms with Crippen molar-refractivity contribution in [3.05, 3.63) is 20.3 Å². The maximum absolute atomic E-state index is 11.2. The summed E-state index contributed by atoms with van der Waals surface area (Å²) in [6.07, 6.45) is 2.12. The van der Waals surface area contributed by atoms with Crippen molar-refractivity contribution in [3.8, 4) is 0 Å². The van der Waals surface area contributed by atoms with Gasteiger partial charge in [0.15, 0.2) is 0 Å². The van der Waals surface area contributed by atoms with Crippen LogP contribution in [0.25, 0.3) is 0 Å². The van der Waals surface area contributed by atoms with E-state index in [1.165, 1.54) is 6.33 Å². The van der Waals surface area contributed by atoms with Gasteiger partial charge in [-0.2, -0.15) is 0 Å². The molecule has 0 spiro atoms. The van der Waals surface area contributed by atoms with Crippen LogP contribution in [0.3, 0.4) is 0 Å². The third kappa shape index (κ3) is 3.78. The molecule has 0 saturated heterocycles. The first-order chi connectivity index (χ1) is 7.15. The number of hydrogen-bond acceptors (Lipinski definition) is 4. The molecule has 6 heteroatoms. The number of anilines is 1. The highest BCUT2D eigenvalue weighted by Gasteiger charge is 2.06. The minimum atomic E-state index is -0.136. The Kier molecular flexibility index (Phi) is 5.03. The summed E-state index contributed by atoms with van der Waals surface area (Å²) in [4.78, 5) is 17.8. The fourth-order valence-electron chi connectivity index (χ4n) is 1.10. The molecule has 0 saturated carbocycles. The van der Waals surface area contributed by atoms with Gasteiger partial charge in [-0.1, -0.05) is 6.92 Å². The zero-order valence-electron chi connectivity index (χ0n) is 8.46. The van der Waals surface area contributed by atoms with E-state index in [1.54, 1.807) is 0 Å². The van der Waals surface area contributed by atoms with Gasteiger partial charge in [0, 0.05) is 13.2 Å². The Labute approximate surface area is 101 Å². The molecule has 0 radical (unpaired) electrons. The Morgan fingerprint density at radius 3 is 3.13 bits per heavy atom. The van der Waals surface area contributed by atoms with E-state index in [2.05, 4.69) is 15.3 Å². The lowest BCUT2D eigenvalue weighted by molar-refractivity contribution is 0.266. The van der Waals surface area contributed by atoms with E-state index >= 15 is 0 Å². The molecule has 0 bridgehead atoms. The summed E-state index contributed by atoms with van der Waals surface area (Å²) in [7, 11) is 0. The highest BCUT2D eigenvalue weighted by Crippen LogP contribution is 2.10.